The van der Waals surface area contributed by atoms with Crippen molar-refractivity contribution >= 4 is 15.9 Å². The van der Waals surface area contributed by atoms with E-state index in [1.807, 2.05) is 24.3 Å². The monoisotopic (exact) mass is 324 g/mol. The van der Waals surface area contributed by atoms with Crippen LogP contribution in [0.2, 0.25) is 0 Å². The highest BCUT2D eigenvalue weighted by Crippen LogP contribution is 2.28. The van der Waals surface area contributed by atoms with Crippen molar-refractivity contribution in [1.29, 1.82) is 0 Å². The number of methoxy groups -OCH3 is 1. The third kappa shape index (κ3) is 3.55. The summed E-state index contributed by atoms with van der Waals surface area (Å²) in [5.74, 6) is 0.105. The lowest BCUT2D eigenvalue weighted by atomic mass is 10.0. The van der Waals surface area contributed by atoms with Gasteiger partial charge in [-0.1, -0.05) is 28.1 Å². The second kappa shape index (κ2) is 6.17. The van der Waals surface area contributed by atoms with Gasteiger partial charge in [0.15, 0.2) is 0 Å². The molecule has 0 aliphatic heterocycles. The highest BCUT2D eigenvalue weighted by molar-refractivity contribution is 9.10. The fourth-order valence-electron chi connectivity index (χ4n) is 1.96. The van der Waals surface area contributed by atoms with E-state index < -0.39 is 6.10 Å². The average molecular weight is 325 g/mol. The minimum Gasteiger partial charge on any atom is -0.496 e. The Balaban J connectivity index is 2.24. The van der Waals surface area contributed by atoms with Crippen LogP contribution in [0.5, 0.6) is 5.75 Å². The van der Waals surface area contributed by atoms with Gasteiger partial charge in [0, 0.05) is 16.5 Å². The van der Waals surface area contributed by atoms with Crippen molar-refractivity contribution in [2.75, 3.05) is 7.11 Å². The molecular weight excluding hydrogens is 311 g/mol. The number of hydrogen-bond donors (Lipinski definition) is 1. The Kier molecular flexibility index (Phi) is 4.56. The van der Waals surface area contributed by atoms with Crippen LogP contribution in [0.25, 0.3) is 0 Å². The van der Waals surface area contributed by atoms with E-state index in [-0.39, 0.29) is 5.82 Å². The molecule has 2 aromatic carbocycles. The number of rotatable bonds is 4. The van der Waals surface area contributed by atoms with E-state index in [1.165, 1.54) is 25.3 Å². The van der Waals surface area contributed by atoms with Gasteiger partial charge in [0.1, 0.15) is 11.6 Å². The van der Waals surface area contributed by atoms with Gasteiger partial charge in [0.05, 0.1) is 13.2 Å². The molecule has 1 atom stereocenters. The Bertz CT molecular complexity index is 572. The largest absolute Gasteiger partial charge is 0.496 e. The summed E-state index contributed by atoms with van der Waals surface area (Å²) in [5.41, 5.74) is 1.43. The predicted molar refractivity (Wildman–Crippen MR) is 75.8 cm³/mol. The zero-order valence-electron chi connectivity index (χ0n) is 10.4. The Labute approximate surface area is 120 Å². The van der Waals surface area contributed by atoms with Crippen molar-refractivity contribution < 1.29 is 14.2 Å². The van der Waals surface area contributed by atoms with Crippen LogP contribution in [0.15, 0.2) is 46.9 Å². The molecule has 0 saturated heterocycles. The number of ether oxygens (including phenoxy) is 1. The van der Waals surface area contributed by atoms with Crippen molar-refractivity contribution in [2.45, 2.75) is 12.5 Å². The molecule has 4 heteroatoms. The molecule has 0 spiro atoms. The van der Waals surface area contributed by atoms with Gasteiger partial charge in [-0.3, -0.25) is 0 Å². The van der Waals surface area contributed by atoms with Gasteiger partial charge in [0.25, 0.3) is 0 Å². The third-order valence-corrected chi connectivity index (χ3v) is 3.36. The zero-order valence-corrected chi connectivity index (χ0v) is 12.0. The SMILES string of the molecule is COc1ccc(F)cc1C(O)Cc1cccc(Br)c1. The van der Waals surface area contributed by atoms with Gasteiger partial charge < -0.3 is 9.84 Å². The molecule has 0 aromatic heterocycles. The van der Waals surface area contributed by atoms with Crippen LogP contribution >= 0.6 is 15.9 Å². The zero-order chi connectivity index (χ0) is 13.8. The Morgan fingerprint density at radius 3 is 2.74 bits per heavy atom. The molecule has 0 saturated carbocycles. The first kappa shape index (κ1) is 14.0. The fourth-order valence-corrected chi connectivity index (χ4v) is 2.41. The highest BCUT2D eigenvalue weighted by atomic mass is 79.9. The number of hydrogen-bond acceptors (Lipinski definition) is 2. The molecule has 2 aromatic rings. The van der Waals surface area contributed by atoms with Gasteiger partial charge in [-0.25, -0.2) is 4.39 Å². The van der Waals surface area contributed by atoms with Crippen molar-refractivity contribution in [3.63, 3.8) is 0 Å². The molecular formula is C15H14BrFO2. The summed E-state index contributed by atoms with van der Waals surface area (Å²) in [6, 6.07) is 11.8. The molecule has 0 amide bonds. The number of aliphatic hydroxyl groups excluding tert-OH is 1. The van der Waals surface area contributed by atoms with Crippen LogP contribution in [0, 0.1) is 5.82 Å². The second-order valence-corrected chi connectivity index (χ2v) is 5.15. The van der Waals surface area contributed by atoms with Gasteiger partial charge in [-0.05, 0) is 35.9 Å². The average Bonchev–Trinajstić information content (AvgIpc) is 2.38. The minimum absolute atomic E-state index is 0.385. The van der Waals surface area contributed by atoms with Crippen LogP contribution < -0.4 is 4.74 Å². The molecule has 0 aliphatic rings. The Morgan fingerprint density at radius 2 is 2.05 bits per heavy atom. The summed E-state index contributed by atoms with van der Waals surface area (Å²) in [4.78, 5) is 0. The summed E-state index contributed by atoms with van der Waals surface area (Å²) in [5, 5.41) is 10.2. The van der Waals surface area contributed by atoms with Crippen LogP contribution in [0.3, 0.4) is 0 Å². The Hall–Kier alpha value is -1.39. The second-order valence-electron chi connectivity index (χ2n) is 4.24. The first-order valence-electron chi connectivity index (χ1n) is 5.86. The van der Waals surface area contributed by atoms with Crippen molar-refractivity contribution in [1.82, 2.24) is 0 Å². The maximum atomic E-state index is 13.3. The number of benzene rings is 2. The van der Waals surface area contributed by atoms with Gasteiger partial charge >= 0.3 is 0 Å². The molecule has 2 nitrogen and oxygen atoms in total. The third-order valence-electron chi connectivity index (χ3n) is 2.87. The van der Waals surface area contributed by atoms with E-state index in [4.69, 9.17) is 4.74 Å². The fraction of sp³-hybridized carbons (Fsp3) is 0.200. The van der Waals surface area contributed by atoms with Gasteiger partial charge in [-0.2, -0.15) is 0 Å². The summed E-state index contributed by atoms with van der Waals surface area (Å²) in [7, 11) is 1.50. The predicted octanol–water partition coefficient (Wildman–Crippen LogP) is 3.87. The molecule has 0 radical (unpaired) electrons. The molecule has 0 heterocycles. The molecule has 100 valence electrons. The molecule has 0 fully saturated rings. The molecule has 19 heavy (non-hydrogen) atoms. The topological polar surface area (TPSA) is 29.5 Å². The normalized spacial score (nSPS) is 12.2. The number of aliphatic hydroxyl groups is 1. The van der Waals surface area contributed by atoms with E-state index in [0.717, 1.165) is 10.0 Å². The molecule has 0 bridgehead atoms. The van der Waals surface area contributed by atoms with Crippen molar-refractivity contribution in [2.24, 2.45) is 0 Å². The van der Waals surface area contributed by atoms with Crippen molar-refractivity contribution in [3.8, 4) is 5.75 Å². The van der Waals surface area contributed by atoms with Crippen molar-refractivity contribution in [3.05, 3.63) is 63.9 Å². The van der Waals surface area contributed by atoms with E-state index in [1.54, 1.807) is 0 Å². The lowest BCUT2D eigenvalue weighted by Crippen LogP contribution is -2.04. The first-order chi connectivity index (χ1) is 9.10. The molecule has 0 aliphatic carbocycles. The quantitative estimate of drug-likeness (QED) is 0.925. The standard InChI is InChI=1S/C15H14BrFO2/c1-19-15-6-5-12(17)9-13(15)14(18)8-10-3-2-4-11(16)7-10/h2-7,9,14,18H,8H2,1H3. The minimum atomic E-state index is -0.806. The molecule has 2 rings (SSSR count). The smallest absolute Gasteiger partial charge is 0.124 e. The number of halogens is 2. The first-order valence-corrected chi connectivity index (χ1v) is 6.65. The summed E-state index contributed by atoms with van der Waals surface area (Å²) >= 11 is 3.38. The van der Waals surface area contributed by atoms with E-state index in [2.05, 4.69) is 15.9 Å². The Morgan fingerprint density at radius 1 is 1.26 bits per heavy atom. The van der Waals surface area contributed by atoms with Crippen LogP contribution in [-0.2, 0) is 6.42 Å². The summed E-state index contributed by atoms with van der Waals surface area (Å²) in [6.45, 7) is 0. The van der Waals surface area contributed by atoms with E-state index >= 15 is 0 Å². The maximum Gasteiger partial charge on any atom is 0.124 e. The van der Waals surface area contributed by atoms with Gasteiger partial charge in [-0.15, -0.1) is 0 Å². The summed E-state index contributed by atoms with van der Waals surface area (Å²) in [6.07, 6.45) is -0.404. The van der Waals surface area contributed by atoms with Crippen LogP contribution in [0.4, 0.5) is 4.39 Å². The lowest BCUT2D eigenvalue weighted by molar-refractivity contribution is 0.173. The maximum absolute atomic E-state index is 13.3. The van der Waals surface area contributed by atoms with E-state index in [0.29, 0.717) is 17.7 Å². The highest BCUT2D eigenvalue weighted by Gasteiger charge is 2.15. The molecule has 1 unspecified atom stereocenters. The van der Waals surface area contributed by atoms with Crippen LogP contribution in [0.1, 0.15) is 17.2 Å². The summed E-state index contributed by atoms with van der Waals surface area (Å²) < 4.78 is 19.4. The van der Waals surface area contributed by atoms with E-state index in [9.17, 15) is 9.50 Å². The molecule has 1 N–H and O–H groups in total. The van der Waals surface area contributed by atoms with Gasteiger partial charge in [0.2, 0.25) is 0 Å². The van der Waals surface area contributed by atoms with Crippen LogP contribution in [-0.4, -0.2) is 12.2 Å². The lowest BCUT2D eigenvalue weighted by Gasteiger charge is -2.15.